The largest absolute Gasteiger partial charge is 0.497 e. The van der Waals surface area contributed by atoms with Gasteiger partial charge >= 0.3 is 5.97 Å². The fraction of sp³-hybridized carbons (Fsp3) is 0.0882. The molecule has 0 spiro atoms. The molecule has 1 aliphatic heterocycles. The number of benzene rings is 5. The Morgan fingerprint density at radius 2 is 0.951 bits per heavy atom. The van der Waals surface area contributed by atoms with Crippen molar-refractivity contribution < 1.29 is 23.4 Å². The van der Waals surface area contributed by atoms with Crippen LogP contribution in [0.3, 0.4) is 0 Å². The molecule has 0 aromatic heterocycles. The molecule has 0 radical (unpaired) electrons. The van der Waals surface area contributed by atoms with Crippen LogP contribution in [0.5, 0.6) is 11.5 Å². The topological polar surface area (TPSA) is 69.7 Å². The van der Waals surface area contributed by atoms with Crippen molar-refractivity contribution in [3.8, 4) is 11.5 Å². The predicted molar refractivity (Wildman–Crippen MR) is 165 cm³/mol. The smallest absolute Gasteiger partial charge is 0.323 e. The van der Waals surface area contributed by atoms with Gasteiger partial charge in [0.1, 0.15) is 17.2 Å². The third kappa shape index (κ3) is 4.56. The Labute approximate surface area is 239 Å². The lowest BCUT2D eigenvalue weighted by atomic mass is 10.0. The van der Waals surface area contributed by atoms with Crippen LogP contribution in [-0.4, -0.2) is 18.7 Å². The molecule has 41 heavy (non-hydrogen) atoms. The summed E-state index contributed by atoms with van der Waals surface area (Å²) >= 11 is 0. The first-order chi connectivity index (χ1) is 20.0. The van der Waals surface area contributed by atoms with Crippen molar-refractivity contribution in [2.75, 3.05) is 7.11 Å². The van der Waals surface area contributed by atoms with E-state index in [9.17, 15) is 4.79 Å². The van der Waals surface area contributed by atoms with E-state index in [1.165, 1.54) is 7.11 Å². The molecule has 0 bridgehead atoms. The van der Waals surface area contributed by atoms with Gasteiger partial charge in [0.05, 0.1) is 12.8 Å². The number of esters is 1. The highest BCUT2D eigenvalue weighted by molar-refractivity contribution is 7.83. The van der Waals surface area contributed by atoms with E-state index >= 15 is 9.13 Å². The minimum Gasteiger partial charge on any atom is -0.497 e. The third-order valence-corrected chi connectivity index (χ3v) is 14.8. The fourth-order valence-electron chi connectivity index (χ4n) is 5.72. The average Bonchev–Trinajstić information content (AvgIpc) is 3.04. The molecule has 2 atom stereocenters. The van der Waals surface area contributed by atoms with Crippen molar-refractivity contribution >= 4 is 41.5 Å². The van der Waals surface area contributed by atoms with Gasteiger partial charge < -0.3 is 18.6 Å². The first-order valence-electron chi connectivity index (χ1n) is 13.3. The number of hydrogen-bond acceptors (Lipinski definition) is 5. The highest BCUT2D eigenvalue weighted by atomic mass is 31.2. The lowest BCUT2D eigenvalue weighted by molar-refractivity contribution is -0.134. The summed E-state index contributed by atoms with van der Waals surface area (Å²) in [5.74, 6) is 0.0755. The van der Waals surface area contributed by atoms with E-state index in [0.29, 0.717) is 32.5 Å². The number of fused-ring (bicyclic) bond motifs is 1. The molecule has 1 heterocycles. The van der Waals surface area contributed by atoms with Gasteiger partial charge in [-0.15, -0.1) is 0 Å². The monoisotopic (exact) mass is 578 g/mol. The second-order valence-electron chi connectivity index (χ2n) is 9.87. The van der Waals surface area contributed by atoms with Gasteiger partial charge in [0, 0.05) is 32.8 Å². The number of carbonyl (C=O) groups excluding carboxylic acids is 1. The van der Waals surface area contributed by atoms with E-state index in [1.54, 1.807) is 66.7 Å². The Morgan fingerprint density at radius 1 is 0.561 bits per heavy atom. The van der Waals surface area contributed by atoms with Crippen LogP contribution in [0.25, 0.3) is 0 Å². The second-order valence-corrected chi connectivity index (χ2v) is 15.7. The van der Waals surface area contributed by atoms with E-state index in [1.807, 2.05) is 72.8 Å². The Kier molecular flexibility index (Phi) is 7.26. The molecule has 0 N–H and O–H groups in total. The molecular formula is C34H28O5P2. The molecule has 0 saturated heterocycles. The number of methoxy groups -OCH3 is 1. The molecule has 0 unspecified atom stereocenters. The second kappa shape index (κ2) is 11.0. The maximum Gasteiger partial charge on any atom is 0.323 e. The fourth-order valence-corrected chi connectivity index (χ4v) is 13.2. The lowest BCUT2D eigenvalue weighted by Crippen LogP contribution is -2.43. The van der Waals surface area contributed by atoms with Gasteiger partial charge in [-0.1, -0.05) is 127 Å². The van der Waals surface area contributed by atoms with E-state index in [0.717, 1.165) is 0 Å². The summed E-state index contributed by atoms with van der Waals surface area (Å²) in [6, 6.07) is 41.6. The summed E-state index contributed by atoms with van der Waals surface area (Å²) in [5.41, 5.74) is -1.70. The van der Waals surface area contributed by atoms with Crippen LogP contribution in [0, 0.1) is 0 Å². The molecule has 5 aromatic rings. The summed E-state index contributed by atoms with van der Waals surface area (Å²) in [4.78, 5) is 14.3. The summed E-state index contributed by atoms with van der Waals surface area (Å²) in [5, 5.41) is 2.15. The molecular weight excluding hydrogens is 550 g/mol. The quantitative estimate of drug-likeness (QED) is 0.134. The van der Waals surface area contributed by atoms with E-state index in [-0.39, 0.29) is 5.75 Å². The molecule has 7 heteroatoms. The Bertz CT molecular complexity index is 1690. The van der Waals surface area contributed by atoms with Crippen LogP contribution in [0.15, 0.2) is 140 Å². The highest BCUT2D eigenvalue weighted by Crippen LogP contribution is 2.69. The minimum atomic E-state index is -3.80. The average molecular weight is 579 g/mol. The van der Waals surface area contributed by atoms with Crippen molar-refractivity contribution in [3.63, 3.8) is 0 Å². The molecule has 0 saturated carbocycles. The standard InChI is InChI=1S/C34H28O5P2/c1-38-25-22-23-30-31(24-25)39-34(35)33(41(37,28-18-10-4-11-19-28)29-20-12-5-13-21-29)32(30)40(36,26-14-6-2-7-15-26)27-16-8-3-9-17-27/h2-24,32-33H,1H3/t32-,33+/m0/s1. The van der Waals surface area contributed by atoms with Crippen molar-refractivity contribution in [3.05, 3.63) is 145 Å². The van der Waals surface area contributed by atoms with Crippen LogP contribution in [0.1, 0.15) is 11.2 Å². The zero-order chi connectivity index (χ0) is 28.5. The summed E-state index contributed by atoms with van der Waals surface area (Å²) in [6.45, 7) is 0. The van der Waals surface area contributed by atoms with Crippen LogP contribution in [-0.2, 0) is 13.9 Å². The molecule has 0 fully saturated rings. The number of hydrogen-bond donors (Lipinski definition) is 0. The van der Waals surface area contributed by atoms with Gasteiger partial charge in [0.15, 0.2) is 14.3 Å². The molecule has 5 aromatic carbocycles. The number of ether oxygens (including phenoxy) is 2. The van der Waals surface area contributed by atoms with Crippen molar-refractivity contribution in [1.29, 1.82) is 0 Å². The van der Waals surface area contributed by atoms with Gasteiger partial charge in [-0.3, -0.25) is 4.79 Å². The summed E-state index contributed by atoms with van der Waals surface area (Å²) in [7, 11) is -5.97. The van der Waals surface area contributed by atoms with E-state index < -0.39 is 31.6 Å². The summed E-state index contributed by atoms with van der Waals surface area (Å²) < 4.78 is 43.2. The zero-order valence-corrected chi connectivity index (χ0v) is 24.2. The highest BCUT2D eigenvalue weighted by Gasteiger charge is 2.57. The normalized spacial score (nSPS) is 16.9. The zero-order valence-electron chi connectivity index (χ0n) is 22.4. The maximum atomic E-state index is 16.0. The van der Waals surface area contributed by atoms with Crippen molar-refractivity contribution in [2.45, 2.75) is 11.3 Å². The van der Waals surface area contributed by atoms with Crippen LogP contribution < -0.4 is 30.7 Å². The molecule has 6 rings (SSSR count). The molecule has 0 aliphatic carbocycles. The summed E-state index contributed by atoms with van der Waals surface area (Å²) in [6.07, 6.45) is 0. The van der Waals surface area contributed by atoms with Crippen molar-refractivity contribution in [2.24, 2.45) is 0 Å². The van der Waals surface area contributed by atoms with Crippen LogP contribution in [0.2, 0.25) is 0 Å². The van der Waals surface area contributed by atoms with Crippen molar-refractivity contribution in [1.82, 2.24) is 0 Å². The first kappa shape index (κ1) is 27.0. The molecule has 204 valence electrons. The van der Waals surface area contributed by atoms with Gasteiger partial charge in [0.25, 0.3) is 0 Å². The van der Waals surface area contributed by atoms with Gasteiger partial charge in [-0.05, 0) is 6.07 Å². The molecule has 1 aliphatic rings. The Hall–Kier alpha value is -4.17. The van der Waals surface area contributed by atoms with Crippen LogP contribution in [0.4, 0.5) is 0 Å². The van der Waals surface area contributed by atoms with Crippen LogP contribution >= 0.6 is 14.3 Å². The number of carbonyl (C=O) groups is 1. The van der Waals surface area contributed by atoms with E-state index in [4.69, 9.17) is 9.47 Å². The minimum absolute atomic E-state index is 0.260. The van der Waals surface area contributed by atoms with E-state index in [2.05, 4.69) is 0 Å². The SMILES string of the molecule is COc1ccc2c(c1)OC(=O)[C@H](P(=O)(c1ccccc1)c1ccccc1)[C@H]2P(=O)(c1ccccc1)c1ccccc1. The van der Waals surface area contributed by atoms with Gasteiger partial charge in [0.2, 0.25) is 0 Å². The molecule has 0 amide bonds. The van der Waals surface area contributed by atoms with Gasteiger partial charge in [-0.25, -0.2) is 0 Å². The maximum absolute atomic E-state index is 16.0. The number of rotatable bonds is 7. The predicted octanol–water partition coefficient (Wildman–Crippen LogP) is 6.05. The Balaban J connectivity index is 1.73. The molecule has 5 nitrogen and oxygen atoms in total. The Morgan fingerprint density at radius 3 is 1.34 bits per heavy atom. The third-order valence-electron chi connectivity index (χ3n) is 7.63. The van der Waals surface area contributed by atoms with Gasteiger partial charge in [-0.2, -0.15) is 0 Å². The first-order valence-corrected chi connectivity index (χ1v) is 16.8. The lowest BCUT2D eigenvalue weighted by Gasteiger charge is -2.41.